The van der Waals surface area contributed by atoms with E-state index in [-0.39, 0.29) is 5.91 Å². The van der Waals surface area contributed by atoms with E-state index < -0.39 is 5.91 Å². The van der Waals surface area contributed by atoms with Gasteiger partial charge < -0.3 is 11.1 Å². The molecule has 0 aromatic heterocycles. The van der Waals surface area contributed by atoms with Crippen LogP contribution in [0, 0.1) is 0 Å². The lowest BCUT2D eigenvalue weighted by molar-refractivity contribution is -0.120. The molecule has 1 rings (SSSR count). The van der Waals surface area contributed by atoms with Gasteiger partial charge in [0.05, 0.1) is 0 Å². The first-order valence-electron chi connectivity index (χ1n) is 4.73. The lowest BCUT2D eigenvalue weighted by Crippen LogP contribution is -2.18. The second kappa shape index (κ2) is 5.14. The molecule has 0 fully saturated rings. The van der Waals surface area contributed by atoms with Gasteiger partial charge in [0.2, 0.25) is 11.8 Å². The van der Waals surface area contributed by atoms with Crippen molar-refractivity contribution in [2.75, 3.05) is 7.05 Å². The molecule has 0 heterocycles. The summed E-state index contributed by atoms with van der Waals surface area (Å²) in [7, 11) is 1.61. The van der Waals surface area contributed by atoms with Crippen LogP contribution in [-0.4, -0.2) is 18.9 Å². The van der Waals surface area contributed by atoms with Crippen LogP contribution in [0.1, 0.15) is 22.3 Å². The zero-order chi connectivity index (χ0) is 11.3. The second-order valence-electron chi connectivity index (χ2n) is 3.23. The maximum absolute atomic E-state index is 11.0. The first-order chi connectivity index (χ1) is 7.13. The van der Waals surface area contributed by atoms with Crippen molar-refractivity contribution < 1.29 is 9.59 Å². The molecule has 4 nitrogen and oxygen atoms in total. The zero-order valence-electron chi connectivity index (χ0n) is 8.62. The van der Waals surface area contributed by atoms with Gasteiger partial charge in [-0.25, -0.2) is 0 Å². The maximum Gasteiger partial charge on any atom is 0.248 e. The molecule has 0 atom stereocenters. The molecule has 0 saturated heterocycles. The summed E-state index contributed by atoms with van der Waals surface area (Å²) in [6, 6.07) is 6.95. The van der Waals surface area contributed by atoms with Crippen molar-refractivity contribution in [1.29, 1.82) is 0 Å². The summed E-state index contributed by atoms with van der Waals surface area (Å²) in [4.78, 5) is 21.8. The first kappa shape index (κ1) is 11.2. The second-order valence-corrected chi connectivity index (χ2v) is 3.23. The standard InChI is InChI=1S/C11H14N2O2/c1-13-10(14)7-4-8-2-5-9(6-3-8)11(12)15/h2-3,5-6H,4,7H2,1H3,(H2,12,15)(H,13,14). The first-order valence-corrected chi connectivity index (χ1v) is 4.73. The zero-order valence-corrected chi connectivity index (χ0v) is 8.62. The molecule has 15 heavy (non-hydrogen) atoms. The minimum absolute atomic E-state index is 0.00831. The Morgan fingerprint density at radius 3 is 2.33 bits per heavy atom. The van der Waals surface area contributed by atoms with Gasteiger partial charge in [0, 0.05) is 19.0 Å². The predicted octanol–water partition coefficient (Wildman–Crippen LogP) is 0.464. The number of primary amides is 1. The van der Waals surface area contributed by atoms with Gasteiger partial charge in [-0.3, -0.25) is 9.59 Å². The molecule has 0 spiro atoms. The van der Waals surface area contributed by atoms with Gasteiger partial charge in [-0.1, -0.05) is 12.1 Å². The molecule has 80 valence electrons. The molecule has 4 heteroatoms. The van der Waals surface area contributed by atoms with E-state index in [1.807, 2.05) is 12.1 Å². The van der Waals surface area contributed by atoms with E-state index in [1.165, 1.54) is 0 Å². The molecule has 0 aliphatic rings. The number of hydrogen-bond donors (Lipinski definition) is 2. The van der Waals surface area contributed by atoms with E-state index in [1.54, 1.807) is 19.2 Å². The molecule has 3 N–H and O–H groups in total. The molecule has 2 amide bonds. The smallest absolute Gasteiger partial charge is 0.248 e. The Bertz CT molecular complexity index is 357. The summed E-state index contributed by atoms with van der Waals surface area (Å²) in [5.74, 6) is -0.429. The van der Waals surface area contributed by atoms with Crippen molar-refractivity contribution in [1.82, 2.24) is 5.32 Å². The largest absolute Gasteiger partial charge is 0.366 e. The fourth-order valence-corrected chi connectivity index (χ4v) is 1.22. The van der Waals surface area contributed by atoms with Gasteiger partial charge >= 0.3 is 0 Å². The van der Waals surface area contributed by atoms with Crippen LogP contribution < -0.4 is 11.1 Å². The Hall–Kier alpha value is -1.84. The molecule has 0 bridgehead atoms. The average Bonchev–Trinajstić information content (AvgIpc) is 2.26. The van der Waals surface area contributed by atoms with Crippen LogP contribution in [0.5, 0.6) is 0 Å². The molecule has 0 unspecified atom stereocenters. The van der Waals surface area contributed by atoms with Gasteiger partial charge in [0.25, 0.3) is 0 Å². The third-order valence-electron chi connectivity index (χ3n) is 2.16. The van der Waals surface area contributed by atoms with Crippen molar-refractivity contribution in [2.45, 2.75) is 12.8 Å². The summed E-state index contributed by atoms with van der Waals surface area (Å²) >= 11 is 0. The fourth-order valence-electron chi connectivity index (χ4n) is 1.22. The average molecular weight is 206 g/mol. The highest BCUT2D eigenvalue weighted by atomic mass is 16.1. The van der Waals surface area contributed by atoms with Crippen LogP contribution in [0.25, 0.3) is 0 Å². The summed E-state index contributed by atoms with van der Waals surface area (Å²) in [6.45, 7) is 0. The molecule has 0 radical (unpaired) electrons. The molecule has 0 saturated carbocycles. The van der Waals surface area contributed by atoms with Crippen LogP contribution in [0.15, 0.2) is 24.3 Å². The minimum Gasteiger partial charge on any atom is -0.366 e. The topological polar surface area (TPSA) is 72.2 Å². The normalized spacial score (nSPS) is 9.67. The number of rotatable bonds is 4. The number of hydrogen-bond acceptors (Lipinski definition) is 2. The number of amides is 2. The number of benzene rings is 1. The SMILES string of the molecule is CNC(=O)CCc1ccc(C(N)=O)cc1. The van der Waals surface area contributed by atoms with Crippen molar-refractivity contribution in [3.8, 4) is 0 Å². The maximum atomic E-state index is 11.0. The number of aryl methyl sites for hydroxylation is 1. The summed E-state index contributed by atoms with van der Waals surface area (Å²) in [6.07, 6.45) is 1.12. The third kappa shape index (κ3) is 3.42. The van der Waals surface area contributed by atoms with Crippen LogP contribution in [0.2, 0.25) is 0 Å². The van der Waals surface area contributed by atoms with E-state index >= 15 is 0 Å². The number of nitrogens with one attached hydrogen (secondary N) is 1. The summed E-state index contributed by atoms with van der Waals surface area (Å²) in [5, 5.41) is 2.55. The highest BCUT2D eigenvalue weighted by Gasteiger charge is 2.01. The Kier molecular flexibility index (Phi) is 3.85. The molecule has 0 aliphatic heterocycles. The third-order valence-corrected chi connectivity index (χ3v) is 2.16. The Labute approximate surface area is 88.5 Å². The summed E-state index contributed by atoms with van der Waals surface area (Å²) < 4.78 is 0. The van der Waals surface area contributed by atoms with E-state index in [4.69, 9.17) is 5.73 Å². The van der Waals surface area contributed by atoms with Crippen LogP contribution in [-0.2, 0) is 11.2 Å². The highest BCUT2D eigenvalue weighted by Crippen LogP contribution is 2.06. The van der Waals surface area contributed by atoms with E-state index in [9.17, 15) is 9.59 Å². The van der Waals surface area contributed by atoms with E-state index in [0.29, 0.717) is 18.4 Å². The van der Waals surface area contributed by atoms with Gasteiger partial charge in [0.1, 0.15) is 0 Å². The number of carbonyl (C=O) groups is 2. The van der Waals surface area contributed by atoms with Crippen molar-refractivity contribution in [3.05, 3.63) is 35.4 Å². The van der Waals surface area contributed by atoms with Crippen molar-refractivity contribution >= 4 is 11.8 Å². The van der Waals surface area contributed by atoms with Gasteiger partial charge in [-0.15, -0.1) is 0 Å². The van der Waals surface area contributed by atoms with Crippen LogP contribution in [0.3, 0.4) is 0 Å². The Balaban J connectivity index is 2.57. The number of carbonyl (C=O) groups excluding carboxylic acids is 2. The van der Waals surface area contributed by atoms with Crippen LogP contribution in [0.4, 0.5) is 0 Å². The lowest BCUT2D eigenvalue weighted by atomic mass is 10.1. The van der Waals surface area contributed by atoms with Gasteiger partial charge in [-0.2, -0.15) is 0 Å². The summed E-state index contributed by atoms with van der Waals surface area (Å²) in [5.41, 5.74) is 6.61. The number of nitrogens with two attached hydrogens (primary N) is 1. The molecule has 0 aliphatic carbocycles. The lowest BCUT2D eigenvalue weighted by Gasteiger charge is -2.01. The van der Waals surface area contributed by atoms with E-state index in [2.05, 4.69) is 5.32 Å². The fraction of sp³-hybridized carbons (Fsp3) is 0.273. The highest BCUT2D eigenvalue weighted by molar-refractivity contribution is 5.92. The molecule has 1 aromatic carbocycles. The van der Waals surface area contributed by atoms with E-state index in [0.717, 1.165) is 5.56 Å². The van der Waals surface area contributed by atoms with Crippen LogP contribution >= 0.6 is 0 Å². The van der Waals surface area contributed by atoms with Crippen molar-refractivity contribution in [2.24, 2.45) is 5.73 Å². The predicted molar refractivity (Wildman–Crippen MR) is 57.3 cm³/mol. The van der Waals surface area contributed by atoms with Gasteiger partial charge in [-0.05, 0) is 24.1 Å². The molecule has 1 aromatic rings. The quantitative estimate of drug-likeness (QED) is 0.751. The molecular weight excluding hydrogens is 192 g/mol. The Morgan fingerprint density at radius 1 is 1.27 bits per heavy atom. The Morgan fingerprint density at radius 2 is 1.87 bits per heavy atom. The minimum atomic E-state index is -0.437. The van der Waals surface area contributed by atoms with Crippen molar-refractivity contribution in [3.63, 3.8) is 0 Å². The van der Waals surface area contributed by atoms with Gasteiger partial charge in [0.15, 0.2) is 0 Å². The molecular formula is C11H14N2O2. The monoisotopic (exact) mass is 206 g/mol.